The van der Waals surface area contributed by atoms with Gasteiger partial charge in [-0.25, -0.2) is 0 Å². The Morgan fingerprint density at radius 2 is 1.95 bits per heavy atom. The van der Waals surface area contributed by atoms with E-state index < -0.39 is 5.92 Å². The minimum Gasteiger partial charge on any atom is -0.465 e. The van der Waals surface area contributed by atoms with Gasteiger partial charge in [0.1, 0.15) is 0 Å². The molecule has 1 rings (SSSR count). The predicted octanol–water partition coefficient (Wildman–Crippen LogP) is 1.22. The molecule has 112 valence electrons. The molecule has 0 spiro atoms. The summed E-state index contributed by atoms with van der Waals surface area (Å²) in [6.45, 7) is 2.59. The summed E-state index contributed by atoms with van der Waals surface area (Å²) >= 11 is 0. The average Bonchev–Trinajstić information content (AvgIpc) is 2.41. The highest BCUT2D eigenvalue weighted by Gasteiger charge is 2.22. The van der Waals surface area contributed by atoms with Crippen LogP contribution in [-0.4, -0.2) is 31.6 Å². The van der Waals surface area contributed by atoms with Crippen LogP contribution in [0.3, 0.4) is 0 Å². The maximum atomic E-state index is 11.9. The van der Waals surface area contributed by atoms with Gasteiger partial charge in [0.05, 0.1) is 12.5 Å². The molecule has 1 amide bonds. The molecule has 0 aromatic heterocycles. The molecule has 20 heavy (non-hydrogen) atoms. The van der Waals surface area contributed by atoms with E-state index in [-0.39, 0.29) is 37.2 Å². The summed E-state index contributed by atoms with van der Waals surface area (Å²) in [5, 5.41) is 2.70. The number of carbonyl (C=O) groups excluding carboxylic acids is 2. The van der Waals surface area contributed by atoms with Crippen LogP contribution in [-0.2, 0) is 14.3 Å². The maximum absolute atomic E-state index is 11.9. The monoisotopic (exact) mass is 300 g/mol. The van der Waals surface area contributed by atoms with Crippen LogP contribution in [0.15, 0.2) is 30.3 Å². The number of nitrogens with two attached hydrogens (primary N) is 1. The van der Waals surface area contributed by atoms with Crippen molar-refractivity contribution in [1.29, 1.82) is 0 Å². The molecule has 0 fully saturated rings. The number of rotatable bonds is 7. The van der Waals surface area contributed by atoms with E-state index >= 15 is 0 Å². The third-order valence-electron chi connectivity index (χ3n) is 2.65. The number of ether oxygens (including phenoxy) is 1. The summed E-state index contributed by atoms with van der Waals surface area (Å²) in [6.07, 6.45) is 0.254. The summed E-state index contributed by atoms with van der Waals surface area (Å²) in [5.74, 6) is -0.975. The smallest absolute Gasteiger partial charge is 0.315 e. The van der Waals surface area contributed by atoms with Gasteiger partial charge in [-0.3, -0.25) is 9.59 Å². The second kappa shape index (κ2) is 10.2. The van der Waals surface area contributed by atoms with Crippen molar-refractivity contribution in [1.82, 2.24) is 5.32 Å². The largest absolute Gasteiger partial charge is 0.465 e. The molecule has 1 aromatic carbocycles. The third kappa shape index (κ3) is 6.04. The van der Waals surface area contributed by atoms with Crippen molar-refractivity contribution in [2.24, 2.45) is 5.73 Å². The van der Waals surface area contributed by atoms with Gasteiger partial charge < -0.3 is 15.8 Å². The number of carbonyl (C=O) groups is 2. The van der Waals surface area contributed by atoms with E-state index in [9.17, 15) is 9.59 Å². The maximum Gasteiger partial charge on any atom is 0.315 e. The van der Waals surface area contributed by atoms with Crippen LogP contribution in [0.1, 0.15) is 24.8 Å². The second-order valence-electron chi connectivity index (χ2n) is 4.06. The highest BCUT2D eigenvalue weighted by atomic mass is 35.5. The van der Waals surface area contributed by atoms with Gasteiger partial charge in [0, 0.05) is 19.5 Å². The van der Waals surface area contributed by atoms with Gasteiger partial charge in [-0.1, -0.05) is 30.3 Å². The number of halogens is 1. The first-order valence-electron chi connectivity index (χ1n) is 6.37. The lowest BCUT2D eigenvalue weighted by atomic mass is 9.99. The zero-order chi connectivity index (χ0) is 14.1. The van der Waals surface area contributed by atoms with Gasteiger partial charge in [0.2, 0.25) is 5.91 Å². The van der Waals surface area contributed by atoms with E-state index in [2.05, 4.69) is 5.32 Å². The van der Waals surface area contributed by atoms with Crippen molar-refractivity contribution in [3.05, 3.63) is 35.9 Å². The molecule has 1 unspecified atom stereocenters. The van der Waals surface area contributed by atoms with Crippen molar-refractivity contribution in [3.63, 3.8) is 0 Å². The second-order valence-corrected chi connectivity index (χ2v) is 4.06. The first-order valence-corrected chi connectivity index (χ1v) is 6.37. The standard InChI is InChI=1S/C14H20N2O3.ClH/c1-2-19-14(18)12(10-16-13(17)8-9-15)11-6-4-3-5-7-11;/h3-7,12H,2,8-10,15H2,1H3,(H,16,17);1H. The van der Waals surface area contributed by atoms with Gasteiger partial charge in [0.25, 0.3) is 0 Å². The fourth-order valence-electron chi connectivity index (χ4n) is 1.70. The van der Waals surface area contributed by atoms with Gasteiger partial charge in [-0.15, -0.1) is 12.4 Å². The number of amides is 1. The molecule has 3 N–H and O–H groups in total. The van der Waals surface area contributed by atoms with Gasteiger partial charge >= 0.3 is 5.97 Å². The third-order valence-corrected chi connectivity index (χ3v) is 2.65. The molecule has 0 aliphatic heterocycles. The number of hydrogen-bond donors (Lipinski definition) is 2. The molecule has 1 atom stereocenters. The molecule has 0 saturated carbocycles. The molecule has 0 heterocycles. The van der Waals surface area contributed by atoms with Crippen LogP contribution in [0.25, 0.3) is 0 Å². The van der Waals surface area contributed by atoms with E-state index in [4.69, 9.17) is 10.5 Å². The van der Waals surface area contributed by atoms with Gasteiger partial charge in [-0.2, -0.15) is 0 Å². The molecule has 0 aliphatic rings. The molecular formula is C14H21ClN2O3. The van der Waals surface area contributed by atoms with Gasteiger partial charge in [0.15, 0.2) is 0 Å². The number of hydrogen-bond acceptors (Lipinski definition) is 4. The lowest BCUT2D eigenvalue weighted by Crippen LogP contribution is -2.33. The predicted molar refractivity (Wildman–Crippen MR) is 79.7 cm³/mol. The summed E-state index contributed by atoms with van der Waals surface area (Å²) in [5.41, 5.74) is 6.13. The Balaban J connectivity index is 0.00000361. The highest BCUT2D eigenvalue weighted by molar-refractivity contribution is 5.85. The number of benzene rings is 1. The van der Waals surface area contributed by atoms with Crippen LogP contribution in [0.2, 0.25) is 0 Å². The highest BCUT2D eigenvalue weighted by Crippen LogP contribution is 2.16. The van der Waals surface area contributed by atoms with Crippen LogP contribution in [0, 0.1) is 0 Å². The van der Waals surface area contributed by atoms with Crippen molar-refractivity contribution in [3.8, 4) is 0 Å². The minimum atomic E-state index is -0.483. The van der Waals surface area contributed by atoms with E-state index in [1.165, 1.54) is 0 Å². The minimum absolute atomic E-state index is 0. The lowest BCUT2D eigenvalue weighted by Gasteiger charge is -2.16. The topological polar surface area (TPSA) is 81.4 Å². The molecule has 1 aromatic rings. The Bertz CT molecular complexity index is 412. The first-order chi connectivity index (χ1) is 9.19. The molecule has 0 aliphatic carbocycles. The first kappa shape index (κ1) is 18.4. The molecule has 0 bridgehead atoms. The molecule has 0 saturated heterocycles. The van der Waals surface area contributed by atoms with E-state index in [1.54, 1.807) is 6.92 Å². The molecular weight excluding hydrogens is 280 g/mol. The SMILES string of the molecule is CCOC(=O)C(CNC(=O)CCN)c1ccccc1.Cl. The van der Waals surface area contributed by atoms with Crippen LogP contribution < -0.4 is 11.1 Å². The van der Waals surface area contributed by atoms with Crippen molar-refractivity contribution in [2.45, 2.75) is 19.3 Å². The van der Waals surface area contributed by atoms with Crippen molar-refractivity contribution >= 4 is 24.3 Å². The van der Waals surface area contributed by atoms with Crippen LogP contribution in [0.5, 0.6) is 0 Å². The summed E-state index contributed by atoms with van der Waals surface area (Å²) < 4.78 is 5.04. The van der Waals surface area contributed by atoms with Gasteiger partial charge in [-0.05, 0) is 12.5 Å². The van der Waals surface area contributed by atoms with E-state index in [1.807, 2.05) is 30.3 Å². The Morgan fingerprint density at radius 3 is 2.50 bits per heavy atom. The van der Waals surface area contributed by atoms with Crippen LogP contribution in [0.4, 0.5) is 0 Å². The Labute approximate surface area is 125 Å². The number of nitrogens with one attached hydrogen (secondary N) is 1. The Morgan fingerprint density at radius 1 is 1.30 bits per heavy atom. The fourth-order valence-corrected chi connectivity index (χ4v) is 1.70. The van der Waals surface area contributed by atoms with Crippen LogP contribution >= 0.6 is 12.4 Å². The average molecular weight is 301 g/mol. The Hall–Kier alpha value is -1.59. The summed E-state index contributed by atoms with van der Waals surface area (Å²) in [6, 6.07) is 9.26. The fraction of sp³-hybridized carbons (Fsp3) is 0.429. The zero-order valence-corrected chi connectivity index (χ0v) is 12.3. The summed E-state index contributed by atoms with van der Waals surface area (Å²) in [7, 11) is 0. The van der Waals surface area contributed by atoms with E-state index in [0.717, 1.165) is 5.56 Å². The molecule has 0 radical (unpaired) electrons. The Kier molecular flexibility index (Phi) is 9.41. The lowest BCUT2D eigenvalue weighted by molar-refractivity contribution is -0.144. The summed E-state index contributed by atoms with van der Waals surface area (Å²) in [4.78, 5) is 23.3. The molecule has 5 nitrogen and oxygen atoms in total. The van der Waals surface area contributed by atoms with Crippen molar-refractivity contribution in [2.75, 3.05) is 19.7 Å². The van der Waals surface area contributed by atoms with Crippen molar-refractivity contribution < 1.29 is 14.3 Å². The zero-order valence-electron chi connectivity index (χ0n) is 11.5. The normalized spacial score (nSPS) is 11.1. The number of esters is 1. The quantitative estimate of drug-likeness (QED) is 0.742. The van der Waals surface area contributed by atoms with E-state index in [0.29, 0.717) is 13.2 Å². The molecule has 6 heteroatoms.